The quantitative estimate of drug-likeness (QED) is 0.277. The Morgan fingerprint density at radius 2 is 0.792 bits per heavy atom. The summed E-state index contributed by atoms with van der Waals surface area (Å²) >= 11 is -2.95. The standard InChI is InChI=1S/C18H10AsF5/c20-14-13(15(21)17(23)18(24)16(14)22)19(11-7-3-1-4-8-11)12-9-5-2-6-10-12/h1-10H. The Hall–Kier alpha value is -2.13. The molecule has 0 radical (unpaired) electrons. The Balaban J connectivity index is 2.33. The maximum atomic E-state index is 14.3. The van der Waals surface area contributed by atoms with Gasteiger partial charge < -0.3 is 0 Å². The van der Waals surface area contributed by atoms with Gasteiger partial charge in [0, 0.05) is 0 Å². The Bertz CT molecular complexity index is 797. The second-order valence-corrected chi connectivity index (χ2v) is 9.44. The van der Waals surface area contributed by atoms with Gasteiger partial charge in [0.25, 0.3) is 0 Å². The first-order chi connectivity index (χ1) is 11.5. The van der Waals surface area contributed by atoms with Crippen LogP contribution in [0.15, 0.2) is 60.7 Å². The van der Waals surface area contributed by atoms with Crippen molar-refractivity contribution in [2.24, 2.45) is 0 Å². The molecule has 0 aliphatic heterocycles. The molecule has 0 aromatic heterocycles. The summed E-state index contributed by atoms with van der Waals surface area (Å²) in [6.07, 6.45) is 0. The van der Waals surface area contributed by atoms with Gasteiger partial charge in [-0.05, 0) is 0 Å². The topological polar surface area (TPSA) is 0 Å². The molecule has 0 aliphatic carbocycles. The summed E-state index contributed by atoms with van der Waals surface area (Å²) in [5.41, 5.74) is 0. The van der Waals surface area contributed by atoms with Gasteiger partial charge >= 0.3 is 139 Å². The second-order valence-electron chi connectivity index (χ2n) is 4.93. The molecule has 24 heavy (non-hydrogen) atoms. The zero-order valence-corrected chi connectivity index (χ0v) is 14.0. The van der Waals surface area contributed by atoms with Crippen LogP contribution in [0, 0.1) is 29.1 Å². The van der Waals surface area contributed by atoms with Crippen LogP contribution in [-0.2, 0) is 0 Å². The Morgan fingerprint density at radius 1 is 0.458 bits per heavy atom. The van der Waals surface area contributed by atoms with Gasteiger partial charge in [0.05, 0.1) is 0 Å². The number of rotatable bonds is 3. The fraction of sp³-hybridized carbons (Fsp3) is 0. The second kappa shape index (κ2) is 6.78. The van der Waals surface area contributed by atoms with E-state index in [-0.39, 0.29) is 0 Å². The summed E-state index contributed by atoms with van der Waals surface area (Å²) < 4.78 is 69.8. The fourth-order valence-electron chi connectivity index (χ4n) is 2.35. The minimum absolute atomic E-state index is 0.569. The van der Waals surface area contributed by atoms with E-state index in [4.69, 9.17) is 0 Å². The van der Waals surface area contributed by atoms with Crippen LogP contribution < -0.4 is 13.1 Å². The van der Waals surface area contributed by atoms with Crippen molar-refractivity contribution in [2.45, 2.75) is 0 Å². The molecule has 3 rings (SSSR count). The molecule has 0 N–H and O–H groups in total. The first-order valence-corrected chi connectivity index (χ1v) is 9.75. The van der Waals surface area contributed by atoms with Crippen LogP contribution in [-0.4, -0.2) is 14.7 Å². The third kappa shape index (κ3) is 2.84. The molecule has 3 aromatic rings. The third-order valence-electron chi connectivity index (χ3n) is 3.44. The molecule has 0 unspecified atom stereocenters. The van der Waals surface area contributed by atoms with Crippen LogP contribution >= 0.6 is 0 Å². The van der Waals surface area contributed by atoms with E-state index >= 15 is 0 Å². The van der Waals surface area contributed by atoms with Crippen molar-refractivity contribution in [1.82, 2.24) is 0 Å². The molecule has 0 heterocycles. The molecule has 6 heteroatoms. The van der Waals surface area contributed by atoms with E-state index in [2.05, 4.69) is 0 Å². The first-order valence-electron chi connectivity index (χ1n) is 6.94. The van der Waals surface area contributed by atoms with Gasteiger partial charge in [0.1, 0.15) is 0 Å². The van der Waals surface area contributed by atoms with E-state index < -0.39 is 48.1 Å². The maximum absolute atomic E-state index is 14.3. The van der Waals surface area contributed by atoms with Gasteiger partial charge in [0.15, 0.2) is 0 Å². The van der Waals surface area contributed by atoms with Crippen molar-refractivity contribution in [3.05, 3.63) is 89.7 Å². The van der Waals surface area contributed by atoms with Gasteiger partial charge in [-0.2, -0.15) is 0 Å². The molecule has 0 nitrogen and oxygen atoms in total. The molecule has 0 atom stereocenters. The van der Waals surface area contributed by atoms with Crippen molar-refractivity contribution in [1.29, 1.82) is 0 Å². The summed E-state index contributed by atoms with van der Waals surface area (Å²) in [6.45, 7) is 0. The normalized spacial score (nSPS) is 11.1. The number of hydrogen-bond acceptors (Lipinski definition) is 0. The summed E-state index contributed by atoms with van der Waals surface area (Å²) in [5.74, 6) is -9.45. The third-order valence-corrected chi connectivity index (χ3v) is 8.62. The van der Waals surface area contributed by atoms with E-state index in [1.165, 1.54) is 0 Å². The zero-order valence-electron chi connectivity index (χ0n) is 12.1. The Kier molecular flexibility index (Phi) is 4.72. The molecule has 122 valence electrons. The van der Waals surface area contributed by atoms with E-state index in [0.29, 0.717) is 8.70 Å². The van der Waals surface area contributed by atoms with E-state index in [0.717, 1.165) is 0 Å². The summed E-state index contributed by atoms with van der Waals surface area (Å²) in [4.78, 5) is 0. The van der Waals surface area contributed by atoms with Gasteiger partial charge in [-0.3, -0.25) is 0 Å². The Labute approximate surface area is 139 Å². The van der Waals surface area contributed by atoms with Crippen molar-refractivity contribution in [3.8, 4) is 0 Å². The van der Waals surface area contributed by atoms with Gasteiger partial charge in [0.2, 0.25) is 0 Å². The molecule has 0 saturated heterocycles. The predicted molar refractivity (Wildman–Crippen MR) is 83.8 cm³/mol. The van der Waals surface area contributed by atoms with Crippen LogP contribution in [0.25, 0.3) is 0 Å². The van der Waals surface area contributed by atoms with Crippen molar-refractivity contribution in [3.63, 3.8) is 0 Å². The minimum atomic E-state index is -2.95. The van der Waals surface area contributed by atoms with Crippen molar-refractivity contribution in [2.75, 3.05) is 0 Å². The molecule has 0 fully saturated rings. The Morgan fingerprint density at radius 3 is 1.17 bits per heavy atom. The number of benzene rings is 3. The molecule has 0 amide bonds. The van der Waals surface area contributed by atoms with Crippen LogP contribution in [0.2, 0.25) is 0 Å². The summed E-state index contributed by atoms with van der Waals surface area (Å²) in [7, 11) is 0. The predicted octanol–water partition coefficient (Wildman–Crippen LogP) is 2.90. The van der Waals surface area contributed by atoms with Crippen LogP contribution in [0.4, 0.5) is 22.0 Å². The van der Waals surface area contributed by atoms with E-state index in [1.807, 2.05) is 0 Å². The molecule has 0 bridgehead atoms. The molecule has 0 saturated carbocycles. The monoisotopic (exact) mass is 396 g/mol. The average molecular weight is 396 g/mol. The van der Waals surface area contributed by atoms with Crippen LogP contribution in [0.1, 0.15) is 0 Å². The number of halogens is 5. The molecule has 0 spiro atoms. The SMILES string of the molecule is Fc1c(F)c(F)c([As](c2ccccc2)c2ccccc2)c(F)c1F. The summed E-state index contributed by atoms with van der Waals surface area (Å²) in [6, 6.07) is 16.7. The molecule has 3 aromatic carbocycles. The zero-order chi connectivity index (χ0) is 17.3. The molecule has 0 aliphatic rings. The van der Waals surface area contributed by atoms with Crippen molar-refractivity contribution < 1.29 is 22.0 Å². The summed E-state index contributed by atoms with van der Waals surface area (Å²) in [5, 5.41) is 0. The molecular formula is C18H10AsF5. The van der Waals surface area contributed by atoms with Crippen molar-refractivity contribution >= 4 is 27.7 Å². The van der Waals surface area contributed by atoms with Crippen LogP contribution in [0.3, 0.4) is 0 Å². The van der Waals surface area contributed by atoms with Gasteiger partial charge in [-0.25, -0.2) is 0 Å². The fourth-order valence-corrected chi connectivity index (χ4v) is 7.27. The van der Waals surface area contributed by atoms with E-state index in [1.54, 1.807) is 60.7 Å². The van der Waals surface area contributed by atoms with Crippen LogP contribution in [0.5, 0.6) is 0 Å². The van der Waals surface area contributed by atoms with Gasteiger partial charge in [-0.15, -0.1) is 0 Å². The van der Waals surface area contributed by atoms with E-state index in [9.17, 15) is 22.0 Å². The number of hydrogen-bond donors (Lipinski definition) is 0. The molecular weight excluding hydrogens is 386 g/mol. The average Bonchev–Trinajstić information content (AvgIpc) is 2.63. The first kappa shape index (κ1) is 16.7. The van der Waals surface area contributed by atoms with Gasteiger partial charge in [-0.1, -0.05) is 0 Å².